The lowest BCUT2D eigenvalue weighted by Gasteiger charge is -2.37. The van der Waals surface area contributed by atoms with Gasteiger partial charge in [0.05, 0.1) is 38.3 Å². The van der Waals surface area contributed by atoms with E-state index in [2.05, 4.69) is 5.32 Å². The lowest BCUT2D eigenvalue weighted by atomic mass is 10.0. The van der Waals surface area contributed by atoms with Crippen molar-refractivity contribution in [3.8, 4) is 0 Å². The largest absolute Gasteiger partial charge is 0.391 e. The molecule has 0 radical (unpaired) electrons. The molecule has 2 aliphatic rings. The average molecular weight is 396 g/mol. The van der Waals surface area contributed by atoms with Crippen molar-refractivity contribution in [2.24, 2.45) is 0 Å². The number of aliphatic hydroxyl groups is 1. The summed E-state index contributed by atoms with van der Waals surface area (Å²) in [6.07, 6.45) is 0.156. The molecule has 2 N–H and O–H groups in total. The summed E-state index contributed by atoms with van der Waals surface area (Å²) in [7, 11) is 0. The first-order valence-corrected chi connectivity index (χ1v) is 9.69. The number of amides is 2. The highest BCUT2D eigenvalue weighted by atomic mass is 35.5. The molecule has 2 atom stereocenters. The van der Waals surface area contributed by atoms with Crippen LogP contribution < -0.4 is 5.32 Å². The van der Waals surface area contributed by atoms with Gasteiger partial charge in [-0.05, 0) is 24.1 Å². The third-order valence-corrected chi connectivity index (χ3v) is 5.26. The van der Waals surface area contributed by atoms with E-state index in [1.54, 1.807) is 12.1 Å². The Hall–Kier alpha value is -1.67. The van der Waals surface area contributed by atoms with Crippen molar-refractivity contribution in [1.29, 1.82) is 0 Å². The number of aliphatic hydroxyl groups excluding tert-OH is 1. The zero-order chi connectivity index (χ0) is 19.2. The summed E-state index contributed by atoms with van der Waals surface area (Å²) in [5.41, 5.74) is 0.863. The first-order chi connectivity index (χ1) is 13.0. The first-order valence-electron chi connectivity index (χ1n) is 9.31. The predicted octanol–water partition coefficient (Wildman–Crippen LogP) is 0.293. The topological polar surface area (TPSA) is 82.1 Å². The normalized spacial score (nSPS) is 23.9. The zero-order valence-corrected chi connectivity index (χ0v) is 16.0. The summed E-state index contributed by atoms with van der Waals surface area (Å²) in [6.45, 7) is 3.80. The highest BCUT2D eigenvalue weighted by Crippen LogP contribution is 2.13. The molecular weight excluding hydrogens is 370 g/mol. The molecule has 0 saturated carbocycles. The minimum atomic E-state index is -0.603. The summed E-state index contributed by atoms with van der Waals surface area (Å²) in [5.74, 6) is -0.0799. The van der Waals surface area contributed by atoms with E-state index in [1.807, 2.05) is 21.9 Å². The van der Waals surface area contributed by atoms with Crippen molar-refractivity contribution in [1.82, 2.24) is 15.1 Å². The van der Waals surface area contributed by atoms with Gasteiger partial charge in [0.2, 0.25) is 11.8 Å². The fourth-order valence-corrected chi connectivity index (χ4v) is 3.57. The van der Waals surface area contributed by atoms with E-state index < -0.39 is 6.10 Å². The molecule has 2 saturated heterocycles. The number of nitrogens with one attached hydrogen (secondary N) is 1. The number of hydrogen-bond acceptors (Lipinski definition) is 5. The molecule has 148 valence electrons. The van der Waals surface area contributed by atoms with Crippen LogP contribution in [0.5, 0.6) is 0 Å². The van der Waals surface area contributed by atoms with Gasteiger partial charge in [0.1, 0.15) is 0 Å². The number of morpholine rings is 1. The van der Waals surface area contributed by atoms with Gasteiger partial charge in [-0.2, -0.15) is 0 Å². The van der Waals surface area contributed by atoms with Crippen LogP contribution in [-0.2, 0) is 20.7 Å². The summed E-state index contributed by atoms with van der Waals surface area (Å²) in [6, 6.07) is 6.74. The summed E-state index contributed by atoms with van der Waals surface area (Å²) >= 11 is 5.86. The summed E-state index contributed by atoms with van der Waals surface area (Å²) in [5, 5.41) is 13.8. The molecule has 1 aromatic carbocycles. The van der Waals surface area contributed by atoms with Gasteiger partial charge in [-0.25, -0.2) is 0 Å². The van der Waals surface area contributed by atoms with Crippen LogP contribution in [0.4, 0.5) is 0 Å². The van der Waals surface area contributed by atoms with Gasteiger partial charge in [0.25, 0.3) is 0 Å². The Morgan fingerprint density at radius 1 is 1.19 bits per heavy atom. The lowest BCUT2D eigenvalue weighted by molar-refractivity contribution is -0.137. The third kappa shape index (κ3) is 5.90. The number of nitrogens with zero attached hydrogens (tertiary/aromatic N) is 2. The maximum Gasteiger partial charge on any atom is 0.236 e. The molecule has 0 unspecified atom stereocenters. The Morgan fingerprint density at radius 3 is 2.59 bits per heavy atom. The van der Waals surface area contributed by atoms with E-state index in [0.717, 1.165) is 5.56 Å². The second-order valence-electron chi connectivity index (χ2n) is 7.06. The molecule has 2 aliphatic heterocycles. The van der Waals surface area contributed by atoms with E-state index >= 15 is 0 Å². The van der Waals surface area contributed by atoms with Gasteiger partial charge < -0.3 is 20.1 Å². The molecule has 2 amide bonds. The van der Waals surface area contributed by atoms with Gasteiger partial charge in [-0.1, -0.05) is 23.7 Å². The van der Waals surface area contributed by atoms with Crippen molar-refractivity contribution in [2.45, 2.75) is 25.0 Å². The number of halogens is 1. The SMILES string of the molecule is O=C(Cc1ccc(Cl)cc1)N[C@@H]1CN(CC(=O)N2CCOCC2)CC[C@@H]1O. The van der Waals surface area contributed by atoms with Crippen LogP contribution in [0.2, 0.25) is 5.02 Å². The van der Waals surface area contributed by atoms with Crippen LogP contribution in [0, 0.1) is 0 Å². The number of rotatable bonds is 5. The molecule has 27 heavy (non-hydrogen) atoms. The molecule has 8 heteroatoms. The van der Waals surface area contributed by atoms with E-state index in [0.29, 0.717) is 57.4 Å². The number of benzene rings is 1. The predicted molar refractivity (Wildman–Crippen MR) is 102 cm³/mol. The first kappa shape index (κ1) is 20.1. The van der Waals surface area contributed by atoms with Crippen molar-refractivity contribution < 1.29 is 19.4 Å². The average Bonchev–Trinajstić information content (AvgIpc) is 2.67. The number of piperidine rings is 1. The van der Waals surface area contributed by atoms with Gasteiger partial charge in [-0.15, -0.1) is 0 Å². The standard InChI is InChI=1S/C19H26ClN3O4/c20-15-3-1-14(2-4-15)11-18(25)21-16-12-22(6-5-17(16)24)13-19(26)23-7-9-27-10-8-23/h1-4,16-17,24H,5-13H2,(H,21,25)/t16-,17+/m1/s1. The van der Waals surface area contributed by atoms with Crippen LogP contribution in [-0.4, -0.2) is 84.8 Å². The maximum absolute atomic E-state index is 12.4. The maximum atomic E-state index is 12.4. The van der Waals surface area contributed by atoms with Crippen LogP contribution in [0.1, 0.15) is 12.0 Å². The number of ether oxygens (including phenoxy) is 1. The quantitative estimate of drug-likeness (QED) is 0.749. The number of likely N-dealkylation sites (tertiary alicyclic amines) is 1. The monoisotopic (exact) mass is 395 g/mol. The number of carbonyl (C=O) groups excluding carboxylic acids is 2. The van der Waals surface area contributed by atoms with Gasteiger partial charge >= 0.3 is 0 Å². The van der Waals surface area contributed by atoms with Crippen LogP contribution in [0.15, 0.2) is 24.3 Å². The fourth-order valence-electron chi connectivity index (χ4n) is 3.44. The van der Waals surface area contributed by atoms with E-state index in [4.69, 9.17) is 16.3 Å². The van der Waals surface area contributed by atoms with E-state index in [1.165, 1.54) is 0 Å². The Labute approximate surface area is 164 Å². The molecule has 0 bridgehead atoms. The highest BCUT2D eigenvalue weighted by molar-refractivity contribution is 6.30. The van der Waals surface area contributed by atoms with Gasteiger partial charge in [0, 0.05) is 31.2 Å². The van der Waals surface area contributed by atoms with Crippen molar-refractivity contribution in [3.63, 3.8) is 0 Å². The third-order valence-electron chi connectivity index (χ3n) is 5.01. The van der Waals surface area contributed by atoms with Crippen molar-refractivity contribution >= 4 is 23.4 Å². The number of hydrogen-bond donors (Lipinski definition) is 2. The molecule has 0 aliphatic carbocycles. The molecule has 1 aromatic rings. The van der Waals surface area contributed by atoms with Gasteiger partial charge in [0.15, 0.2) is 0 Å². The molecule has 3 rings (SSSR count). The van der Waals surface area contributed by atoms with Crippen molar-refractivity contribution in [3.05, 3.63) is 34.9 Å². The zero-order valence-electron chi connectivity index (χ0n) is 15.3. The highest BCUT2D eigenvalue weighted by Gasteiger charge is 2.30. The minimum Gasteiger partial charge on any atom is -0.391 e. The lowest BCUT2D eigenvalue weighted by Crippen LogP contribution is -2.57. The van der Waals surface area contributed by atoms with Crippen LogP contribution in [0.25, 0.3) is 0 Å². The Morgan fingerprint density at radius 2 is 1.89 bits per heavy atom. The molecule has 2 heterocycles. The molecular formula is C19H26ClN3O4. The molecule has 0 spiro atoms. The van der Waals surface area contributed by atoms with Crippen molar-refractivity contribution in [2.75, 3.05) is 45.9 Å². The molecule has 0 aromatic heterocycles. The second-order valence-corrected chi connectivity index (χ2v) is 7.50. The van der Waals surface area contributed by atoms with Gasteiger partial charge in [-0.3, -0.25) is 14.5 Å². The second kappa shape index (κ2) is 9.50. The van der Waals surface area contributed by atoms with Crippen LogP contribution in [0.3, 0.4) is 0 Å². The Bertz CT molecular complexity index is 649. The Balaban J connectivity index is 1.49. The fraction of sp³-hybridized carbons (Fsp3) is 0.579. The van der Waals surface area contributed by atoms with Crippen LogP contribution >= 0.6 is 11.6 Å². The smallest absolute Gasteiger partial charge is 0.236 e. The summed E-state index contributed by atoms with van der Waals surface area (Å²) in [4.78, 5) is 28.5. The Kier molecular flexibility index (Phi) is 7.07. The number of carbonyl (C=O) groups is 2. The minimum absolute atomic E-state index is 0.0703. The van der Waals surface area contributed by atoms with E-state index in [9.17, 15) is 14.7 Å². The summed E-state index contributed by atoms with van der Waals surface area (Å²) < 4.78 is 5.27. The molecule has 7 nitrogen and oxygen atoms in total. The van der Waals surface area contributed by atoms with E-state index in [-0.39, 0.29) is 24.3 Å². The molecule has 2 fully saturated rings.